The van der Waals surface area contributed by atoms with Crippen LogP contribution in [-0.4, -0.2) is 29.6 Å². The van der Waals surface area contributed by atoms with Crippen LogP contribution in [0.3, 0.4) is 0 Å². The topological polar surface area (TPSA) is 53.4 Å². The Morgan fingerprint density at radius 1 is 1.32 bits per heavy atom. The molecule has 0 N–H and O–H groups in total. The smallest absolute Gasteiger partial charge is 0.434 e. The van der Waals surface area contributed by atoms with Crippen molar-refractivity contribution in [3.05, 3.63) is 36.2 Å². The predicted molar refractivity (Wildman–Crippen MR) is 71.4 cm³/mol. The SMILES string of the molecule is CCOC(=O)n1cc(-c2ccc(OC)cc2)c(C)n1. The molecule has 0 aliphatic carbocycles. The molecule has 0 saturated heterocycles. The summed E-state index contributed by atoms with van der Waals surface area (Å²) >= 11 is 0. The molecule has 5 heteroatoms. The van der Waals surface area contributed by atoms with Crippen molar-refractivity contribution in [2.24, 2.45) is 0 Å². The van der Waals surface area contributed by atoms with Crippen LogP contribution in [0.15, 0.2) is 30.5 Å². The van der Waals surface area contributed by atoms with E-state index in [1.807, 2.05) is 31.2 Å². The fourth-order valence-corrected chi connectivity index (χ4v) is 1.80. The molecular formula is C14H16N2O3. The zero-order valence-electron chi connectivity index (χ0n) is 11.2. The van der Waals surface area contributed by atoms with Gasteiger partial charge in [-0.25, -0.2) is 4.79 Å². The lowest BCUT2D eigenvalue weighted by molar-refractivity contribution is 0.150. The lowest BCUT2D eigenvalue weighted by Gasteiger charge is -2.02. The quantitative estimate of drug-likeness (QED) is 0.851. The van der Waals surface area contributed by atoms with Crippen molar-refractivity contribution in [1.82, 2.24) is 9.78 Å². The molecule has 0 radical (unpaired) electrons. The predicted octanol–water partition coefficient (Wildman–Crippen LogP) is 2.87. The molecule has 0 aliphatic heterocycles. The van der Waals surface area contributed by atoms with Crippen molar-refractivity contribution in [2.45, 2.75) is 13.8 Å². The van der Waals surface area contributed by atoms with Crippen LogP contribution in [0.1, 0.15) is 12.6 Å². The molecule has 0 unspecified atom stereocenters. The normalized spacial score (nSPS) is 10.3. The van der Waals surface area contributed by atoms with Gasteiger partial charge in [0.15, 0.2) is 0 Å². The fraction of sp³-hybridized carbons (Fsp3) is 0.286. The van der Waals surface area contributed by atoms with Gasteiger partial charge in [0.2, 0.25) is 0 Å². The van der Waals surface area contributed by atoms with Crippen molar-refractivity contribution in [3.63, 3.8) is 0 Å². The summed E-state index contributed by atoms with van der Waals surface area (Å²) in [5, 5.41) is 4.16. The van der Waals surface area contributed by atoms with Crippen molar-refractivity contribution >= 4 is 6.09 Å². The second-order valence-electron chi connectivity index (χ2n) is 4.00. The Morgan fingerprint density at radius 2 is 2.00 bits per heavy atom. The van der Waals surface area contributed by atoms with E-state index in [1.54, 1.807) is 20.2 Å². The van der Waals surface area contributed by atoms with Gasteiger partial charge in [-0.1, -0.05) is 12.1 Å². The third-order valence-electron chi connectivity index (χ3n) is 2.75. The summed E-state index contributed by atoms with van der Waals surface area (Å²) in [5.41, 5.74) is 2.66. The minimum Gasteiger partial charge on any atom is -0.497 e. The van der Waals surface area contributed by atoms with Gasteiger partial charge in [0.05, 0.1) is 19.4 Å². The maximum Gasteiger partial charge on any atom is 0.434 e. The summed E-state index contributed by atoms with van der Waals surface area (Å²) < 4.78 is 11.2. The Hall–Kier alpha value is -2.30. The molecule has 0 bridgehead atoms. The number of benzene rings is 1. The third-order valence-corrected chi connectivity index (χ3v) is 2.75. The number of nitrogens with zero attached hydrogens (tertiary/aromatic N) is 2. The number of carbonyl (C=O) groups excluding carboxylic acids is 1. The number of hydrogen-bond donors (Lipinski definition) is 0. The van der Waals surface area contributed by atoms with Gasteiger partial charge in [-0.2, -0.15) is 9.78 Å². The summed E-state index contributed by atoms with van der Waals surface area (Å²) in [5.74, 6) is 0.791. The number of rotatable bonds is 3. The van der Waals surface area contributed by atoms with E-state index >= 15 is 0 Å². The monoisotopic (exact) mass is 260 g/mol. The van der Waals surface area contributed by atoms with E-state index in [0.29, 0.717) is 6.61 Å². The van der Waals surface area contributed by atoms with Gasteiger partial charge in [0.1, 0.15) is 5.75 Å². The highest BCUT2D eigenvalue weighted by Gasteiger charge is 2.12. The number of methoxy groups -OCH3 is 1. The Bertz CT molecular complexity index is 573. The van der Waals surface area contributed by atoms with Gasteiger partial charge in [-0.3, -0.25) is 0 Å². The van der Waals surface area contributed by atoms with E-state index in [-0.39, 0.29) is 0 Å². The van der Waals surface area contributed by atoms with Gasteiger partial charge >= 0.3 is 6.09 Å². The van der Waals surface area contributed by atoms with Crippen LogP contribution in [0.4, 0.5) is 4.79 Å². The first-order valence-electron chi connectivity index (χ1n) is 6.03. The Labute approximate surface area is 111 Å². The first-order chi connectivity index (χ1) is 9.15. The van der Waals surface area contributed by atoms with Gasteiger partial charge in [0, 0.05) is 11.8 Å². The van der Waals surface area contributed by atoms with Crippen LogP contribution in [0.2, 0.25) is 0 Å². The first kappa shape index (κ1) is 13.1. The molecule has 1 heterocycles. The highest BCUT2D eigenvalue weighted by Crippen LogP contribution is 2.24. The van der Waals surface area contributed by atoms with E-state index in [2.05, 4.69) is 5.10 Å². The third kappa shape index (κ3) is 2.76. The lowest BCUT2D eigenvalue weighted by atomic mass is 10.1. The zero-order valence-corrected chi connectivity index (χ0v) is 11.2. The average molecular weight is 260 g/mol. The van der Waals surface area contributed by atoms with E-state index < -0.39 is 6.09 Å². The summed E-state index contributed by atoms with van der Waals surface area (Å²) in [4.78, 5) is 11.6. The highest BCUT2D eigenvalue weighted by molar-refractivity contribution is 5.73. The standard InChI is InChI=1S/C14H16N2O3/c1-4-19-14(17)16-9-13(10(2)15-16)11-5-7-12(18-3)8-6-11/h5-9H,4H2,1-3H3. The molecule has 1 aromatic carbocycles. The molecule has 1 aromatic heterocycles. The van der Waals surface area contributed by atoms with Crippen LogP contribution >= 0.6 is 0 Å². The Balaban J connectivity index is 2.31. The maximum absolute atomic E-state index is 11.6. The molecular weight excluding hydrogens is 244 g/mol. The summed E-state index contributed by atoms with van der Waals surface area (Å²) in [6.07, 6.45) is 1.21. The van der Waals surface area contributed by atoms with Gasteiger partial charge in [-0.05, 0) is 31.5 Å². The van der Waals surface area contributed by atoms with Crippen molar-refractivity contribution in [3.8, 4) is 16.9 Å². The summed E-state index contributed by atoms with van der Waals surface area (Å²) in [6, 6.07) is 7.60. The molecule has 2 rings (SSSR count). The number of aromatic nitrogens is 2. The summed E-state index contributed by atoms with van der Waals surface area (Å²) in [7, 11) is 1.62. The second-order valence-corrected chi connectivity index (χ2v) is 4.00. The minimum atomic E-state index is -0.467. The van der Waals surface area contributed by atoms with E-state index in [0.717, 1.165) is 22.6 Å². The molecule has 0 amide bonds. The largest absolute Gasteiger partial charge is 0.497 e. The molecule has 0 spiro atoms. The zero-order chi connectivity index (χ0) is 13.8. The summed E-state index contributed by atoms with van der Waals surface area (Å²) in [6.45, 7) is 3.95. The molecule has 0 atom stereocenters. The number of ether oxygens (including phenoxy) is 2. The lowest BCUT2D eigenvalue weighted by Crippen LogP contribution is -2.13. The van der Waals surface area contributed by atoms with Gasteiger partial charge in [-0.15, -0.1) is 0 Å². The molecule has 0 fully saturated rings. The van der Waals surface area contributed by atoms with Crippen LogP contribution in [0.5, 0.6) is 5.75 Å². The van der Waals surface area contributed by atoms with E-state index in [1.165, 1.54) is 4.68 Å². The average Bonchev–Trinajstić information content (AvgIpc) is 2.81. The number of hydrogen-bond acceptors (Lipinski definition) is 4. The number of aryl methyl sites for hydroxylation is 1. The second kappa shape index (κ2) is 5.56. The van der Waals surface area contributed by atoms with Crippen LogP contribution in [0, 0.1) is 6.92 Å². The minimum absolute atomic E-state index is 0.329. The van der Waals surface area contributed by atoms with Crippen molar-refractivity contribution in [2.75, 3.05) is 13.7 Å². The molecule has 100 valence electrons. The van der Waals surface area contributed by atoms with Crippen molar-refractivity contribution < 1.29 is 14.3 Å². The highest BCUT2D eigenvalue weighted by atomic mass is 16.5. The Kier molecular flexibility index (Phi) is 3.85. The van der Waals surface area contributed by atoms with Crippen LogP contribution in [-0.2, 0) is 4.74 Å². The molecule has 19 heavy (non-hydrogen) atoms. The Morgan fingerprint density at radius 3 is 2.58 bits per heavy atom. The molecule has 0 saturated carbocycles. The van der Waals surface area contributed by atoms with Gasteiger partial charge in [0.25, 0.3) is 0 Å². The fourth-order valence-electron chi connectivity index (χ4n) is 1.80. The van der Waals surface area contributed by atoms with E-state index in [4.69, 9.17) is 9.47 Å². The van der Waals surface area contributed by atoms with Crippen LogP contribution < -0.4 is 4.74 Å². The van der Waals surface area contributed by atoms with Crippen LogP contribution in [0.25, 0.3) is 11.1 Å². The first-order valence-corrected chi connectivity index (χ1v) is 6.03. The maximum atomic E-state index is 11.6. The number of carbonyl (C=O) groups is 1. The van der Waals surface area contributed by atoms with Crippen molar-refractivity contribution in [1.29, 1.82) is 0 Å². The molecule has 0 aliphatic rings. The van der Waals surface area contributed by atoms with Gasteiger partial charge < -0.3 is 9.47 Å². The van der Waals surface area contributed by atoms with E-state index in [9.17, 15) is 4.79 Å². The molecule has 2 aromatic rings. The molecule has 5 nitrogen and oxygen atoms in total.